The molecule has 0 saturated heterocycles. The highest BCUT2D eigenvalue weighted by atomic mass is 32.2. The third kappa shape index (κ3) is 6.54. The van der Waals surface area contributed by atoms with Crippen molar-refractivity contribution in [3.63, 3.8) is 0 Å². The van der Waals surface area contributed by atoms with E-state index in [9.17, 15) is 4.79 Å². The Bertz CT molecular complexity index is 869. The molecule has 2 aromatic carbocycles. The van der Waals surface area contributed by atoms with Crippen molar-refractivity contribution in [2.75, 3.05) is 24.7 Å². The van der Waals surface area contributed by atoms with Crippen molar-refractivity contribution in [1.82, 2.24) is 15.5 Å². The third-order valence-corrected chi connectivity index (χ3v) is 5.93. The number of nitrogens with zero attached hydrogens (tertiary/aromatic N) is 2. The van der Waals surface area contributed by atoms with Crippen LogP contribution in [0.4, 0.5) is 5.13 Å². The zero-order chi connectivity index (χ0) is 19.6. The summed E-state index contributed by atoms with van der Waals surface area (Å²) in [5.74, 6) is 1.15. The number of anilines is 1. The molecule has 0 bridgehead atoms. The molecule has 0 atom stereocenters. The highest BCUT2D eigenvalue weighted by Crippen LogP contribution is 2.25. The fourth-order valence-electron chi connectivity index (χ4n) is 2.43. The van der Waals surface area contributed by atoms with Gasteiger partial charge in [-0.15, -0.1) is 10.2 Å². The van der Waals surface area contributed by atoms with E-state index in [2.05, 4.69) is 33.0 Å². The van der Waals surface area contributed by atoms with Crippen molar-refractivity contribution in [3.8, 4) is 5.75 Å². The van der Waals surface area contributed by atoms with Gasteiger partial charge >= 0.3 is 0 Å². The van der Waals surface area contributed by atoms with Crippen molar-refractivity contribution in [2.45, 2.75) is 17.3 Å². The van der Waals surface area contributed by atoms with E-state index in [4.69, 9.17) is 4.74 Å². The molecule has 0 aliphatic heterocycles. The topological polar surface area (TPSA) is 76.1 Å². The number of methoxy groups -OCH3 is 1. The average Bonchev–Trinajstić information content (AvgIpc) is 3.20. The van der Waals surface area contributed by atoms with Crippen LogP contribution in [-0.2, 0) is 17.8 Å². The fourth-order valence-corrected chi connectivity index (χ4v) is 4.01. The van der Waals surface area contributed by atoms with Gasteiger partial charge in [0, 0.05) is 13.1 Å². The van der Waals surface area contributed by atoms with Gasteiger partial charge in [-0.25, -0.2) is 0 Å². The van der Waals surface area contributed by atoms with Gasteiger partial charge in [-0.3, -0.25) is 4.79 Å². The molecule has 6 nitrogen and oxygen atoms in total. The molecule has 0 unspecified atom stereocenters. The van der Waals surface area contributed by atoms with E-state index < -0.39 is 0 Å². The number of benzene rings is 2. The molecule has 0 radical (unpaired) electrons. The van der Waals surface area contributed by atoms with Crippen LogP contribution < -0.4 is 15.4 Å². The molecular formula is C20H22N4O2S2. The molecule has 0 aliphatic carbocycles. The molecule has 0 aliphatic rings. The van der Waals surface area contributed by atoms with Gasteiger partial charge in [-0.1, -0.05) is 65.6 Å². The van der Waals surface area contributed by atoms with E-state index in [0.29, 0.717) is 18.8 Å². The molecule has 28 heavy (non-hydrogen) atoms. The number of rotatable bonds is 10. The molecule has 8 heteroatoms. The van der Waals surface area contributed by atoms with Crippen molar-refractivity contribution >= 4 is 34.1 Å². The average molecular weight is 415 g/mol. The first-order valence-electron chi connectivity index (χ1n) is 8.86. The number of hydrogen-bond acceptors (Lipinski definition) is 7. The lowest BCUT2D eigenvalue weighted by molar-refractivity contribution is -0.118. The molecule has 146 valence electrons. The minimum absolute atomic E-state index is 0.00694. The predicted molar refractivity (Wildman–Crippen MR) is 114 cm³/mol. The van der Waals surface area contributed by atoms with E-state index >= 15 is 0 Å². The number of carbonyl (C=O) groups is 1. The summed E-state index contributed by atoms with van der Waals surface area (Å²) < 4.78 is 5.92. The Labute approximate surface area is 172 Å². The van der Waals surface area contributed by atoms with Crippen LogP contribution in [0.15, 0.2) is 58.9 Å². The van der Waals surface area contributed by atoms with Crippen LogP contribution in [0.25, 0.3) is 0 Å². The van der Waals surface area contributed by atoms with Crippen LogP contribution in [0.1, 0.15) is 11.1 Å². The van der Waals surface area contributed by atoms with E-state index in [0.717, 1.165) is 27.2 Å². The van der Waals surface area contributed by atoms with E-state index in [1.54, 1.807) is 7.11 Å². The highest BCUT2D eigenvalue weighted by Gasteiger charge is 2.08. The standard InChI is InChI=1S/C20H22N4O2S2/c1-26-17-9-7-15(8-10-17)11-12-21-18(25)14-27-20-24-23-19(28-20)22-13-16-5-3-2-4-6-16/h2-10H,11-14H2,1H3,(H,21,25)(H,22,23). The minimum Gasteiger partial charge on any atom is -0.497 e. The van der Waals surface area contributed by atoms with Crippen LogP contribution in [0.2, 0.25) is 0 Å². The molecule has 0 spiro atoms. The maximum absolute atomic E-state index is 12.0. The van der Waals surface area contributed by atoms with Gasteiger partial charge < -0.3 is 15.4 Å². The van der Waals surface area contributed by atoms with Gasteiger partial charge in [0.1, 0.15) is 5.75 Å². The number of carbonyl (C=O) groups excluding carboxylic acids is 1. The second-order valence-electron chi connectivity index (χ2n) is 5.95. The number of nitrogens with one attached hydrogen (secondary N) is 2. The zero-order valence-corrected chi connectivity index (χ0v) is 17.2. The molecular weight excluding hydrogens is 392 g/mol. The maximum Gasteiger partial charge on any atom is 0.230 e. The second-order valence-corrected chi connectivity index (χ2v) is 8.15. The lowest BCUT2D eigenvalue weighted by Crippen LogP contribution is -2.27. The summed E-state index contributed by atoms with van der Waals surface area (Å²) in [5, 5.41) is 15.2. The second kappa shape index (κ2) is 10.7. The Hall–Kier alpha value is -2.58. The van der Waals surface area contributed by atoms with Crippen LogP contribution in [0.5, 0.6) is 5.75 Å². The third-order valence-electron chi connectivity index (χ3n) is 3.91. The molecule has 1 heterocycles. The van der Waals surface area contributed by atoms with Gasteiger partial charge in [0.25, 0.3) is 0 Å². The fraction of sp³-hybridized carbons (Fsp3) is 0.250. The lowest BCUT2D eigenvalue weighted by Gasteiger charge is -2.05. The summed E-state index contributed by atoms with van der Waals surface area (Å²) in [5.41, 5.74) is 2.34. The number of thioether (sulfide) groups is 1. The number of ether oxygens (including phenoxy) is 1. The largest absolute Gasteiger partial charge is 0.497 e. The molecule has 0 saturated carbocycles. The van der Waals surface area contributed by atoms with Crippen molar-refractivity contribution < 1.29 is 9.53 Å². The van der Waals surface area contributed by atoms with Crippen molar-refractivity contribution in [3.05, 3.63) is 65.7 Å². The molecule has 3 aromatic rings. The first kappa shape index (κ1) is 20.2. The summed E-state index contributed by atoms with van der Waals surface area (Å²) in [4.78, 5) is 12.0. The zero-order valence-electron chi connectivity index (χ0n) is 15.6. The Morgan fingerprint density at radius 3 is 2.61 bits per heavy atom. The van der Waals surface area contributed by atoms with Crippen molar-refractivity contribution in [1.29, 1.82) is 0 Å². The predicted octanol–water partition coefficient (Wildman–Crippen LogP) is 3.61. The lowest BCUT2D eigenvalue weighted by atomic mass is 10.1. The Kier molecular flexibility index (Phi) is 7.69. The summed E-state index contributed by atoms with van der Waals surface area (Å²) in [6, 6.07) is 18.0. The quantitative estimate of drug-likeness (QED) is 0.494. The SMILES string of the molecule is COc1ccc(CCNC(=O)CSc2nnc(NCc3ccccc3)s2)cc1. The Balaban J connectivity index is 1.34. The maximum atomic E-state index is 12.0. The first-order chi connectivity index (χ1) is 13.7. The Morgan fingerprint density at radius 1 is 1.07 bits per heavy atom. The normalized spacial score (nSPS) is 10.5. The Morgan fingerprint density at radius 2 is 1.86 bits per heavy atom. The van der Waals surface area contributed by atoms with Crippen LogP contribution >= 0.6 is 23.1 Å². The van der Waals surface area contributed by atoms with Gasteiger partial charge in [0.15, 0.2) is 4.34 Å². The monoisotopic (exact) mass is 414 g/mol. The van der Waals surface area contributed by atoms with Crippen LogP contribution in [0, 0.1) is 0 Å². The smallest absolute Gasteiger partial charge is 0.230 e. The van der Waals surface area contributed by atoms with Gasteiger partial charge in [0.2, 0.25) is 11.0 Å². The molecule has 3 rings (SSSR count). The summed E-state index contributed by atoms with van der Waals surface area (Å²) in [6.07, 6.45) is 0.784. The van der Waals surface area contributed by atoms with E-state index in [-0.39, 0.29) is 5.91 Å². The van der Waals surface area contributed by atoms with E-state index in [1.807, 2.05) is 42.5 Å². The molecule has 1 aromatic heterocycles. The molecule has 0 fully saturated rings. The van der Waals surface area contributed by atoms with Gasteiger partial charge in [-0.05, 0) is 29.7 Å². The van der Waals surface area contributed by atoms with Crippen LogP contribution in [-0.4, -0.2) is 35.5 Å². The molecule has 1 amide bonds. The summed E-state index contributed by atoms with van der Waals surface area (Å²) in [6.45, 7) is 1.30. The van der Waals surface area contributed by atoms with Crippen LogP contribution in [0.3, 0.4) is 0 Å². The first-order valence-corrected chi connectivity index (χ1v) is 10.7. The van der Waals surface area contributed by atoms with E-state index in [1.165, 1.54) is 28.7 Å². The number of amides is 1. The number of aromatic nitrogens is 2. The minimum atomic E-state index is -0.00694. The molecule has 2 N–H and O–H groups in total. The summed E-state index contributed by atoms with van der Waals surface area (Å²) in [7, 11) is 1.65. The highest BCUT2D eigenvalue weighted by molar-refractivity contribution is 8.01. The van der Waals surface area contributed by atoms with Gasteiger partial charge in [-0.2, -0.15) is 0 Å². The summed E-state index contributed by atoms with van der Waals surface area (Å²) >= 11 is 2.85. The number of hydrogen-bond donors (Lipinski definition) is 2. The van der Waals surface area contributed by atoms with Crippen molar-refractivity contribution in [2.24, 2.45) is 0 Å². The van der Waals surface area contributed by atoms with Gasteiger partial charge in [0.05, 0.1) is 12.9 Å².